The van der Waals surface area contributed by atoms with E-state index in [1.165, 1.54) is 18.2 Å². The number of carbonyl (C=O) groups is 1. The minimum Gasteiger partial charge on any atom is -0.476 e. The van der Waals surface area contributed by atoms with Crippen LogP contribution in [0.2, 0.25) is 0 Å². The van der Waals surface area contributed by atoms with Crippen LogP contribution >= 0.6 is 0 Å². The molecule has 0 atom stereocenters. The first-order chi connectivity index (χ1) is 9.52. The van der Waals surface area contributed by atoms with Gasteiger partial charge in [-0.2, -0.15) is 0 Å². The lowest BCUT2D eigenvalue weighted by Gasteiger charge is -2.30. The van der Waals surface area contributed by atoms with Gasteiger partial charge in [-0.3, -0.25) is 0 Å². The summed E-state index contributed by atoms with van der Waals surface area (Å²) in [6.45, 7) is 1.91. The van der Waals surface area contributed by atoms with Crippen molar-refractivity contribution >= 4 is 11.7 Å². The third kappa shape index (κ3) is 3.35. The van der Waals surface area contributed by atoms with Crippen molar-refractivity contribution in [1.82, 2.24) is 0 Å². The van der Waals surface area contributed by atoms with E-state index in [2.05, 4.69) is 5.16 Å². The van der Waals surface area contributed by atoms with Crippen molar-refractivity contribution in [2.45, 2.75) is 44.6 Å². The van der Waals surface area contributed by atoms with Gasteiger partial charge in [-0.15, -0.1) is 0 Å². The molecule has 2 rings (SSSR count). The maximum Gasteiger partial charge on any atom is 0.358 e. The molecule has 4 nitrogen and oxygen atoms in total. The van der Waals surface area contributed by atoms with Crippen LogP contribution in [0, 0.1) is 5.82 Å². The highest BCUT2D eigenvalue weighted by atomic mass is 19.1. The quantitative estimate of drug-likeness (QED) is 0.679. The van der Waals surface area contributed by atoms with Gasteiger partial charge in [0, 0.05) is 5.56 Å². The molecule has 0 aliphatic heterocycles. The van der Waals surface area contributed by atoms with E-state index < -0.39 is 23.1 Å². The van der Waals surface area contributed by atoms with Crippen LogP contribution in [-0.2, 0) is 9.63 Å². The van der Waals surface area contributed by atoms with Crippen LogP contribution in [-0.4, -0.2) is 22.4 Å². The summed E-state index contributed by atoms with van der Waals surface area (Å²) in [7, 11) is 0. The second-order valence-corrected chi connectivity index (χ2v) is 5.33. The Morgan fingerprint density at radius 2 is 1.95 bits per heavy atom. The number of halogens is 1. The topological polar surface area (TPSA) is 58.9 Å². The van der Waals surface area contributed by atoms with Crippen LogP contribution in [0.25, 0.3) is 0 Å². The fraction of sp³-hybridized carbons (Fsp3) is 0.467. The zero-order valence-electron chi connectivity index (χ0n) is 11.4. The van der Waals surface area contributed by atoms with E-state index in [9.17, 15) is 14.3 Å². The largest absolute Gasteiger partial charge is 0.476 e. The third-order valence-corrected chi connectivity index (χ3v) is 3.60. The van der Waals surface area contributed by atoms with Crippen LogP contribution in [0.4, 0.5) is 4.39 Å². The molecule has 1 aliphatic carbocycles. The SMILES string of the molecule is CC1(O/N=C(\C(=O)O)c2ccccc2F)CCCCC1. The Bertz CT molecular complexity index is 522. The second kappa shape index (κ2) is 6.03. The number of hydrogen-bond acceptors (Lipinski definition) is 3. The Labute approximate surface area is 117 Å². The van der Waals surface area contributed by atoms with Gasteiger partial charge in [-0.25, -0.2) is 9.18 Å². The van der Waals surface area contributed by atoms with Gasteiger partial charge in [0.05, 0.1) is 0 Å². The second-order valence-electron chi connectivity index (χ2n) is 5.33. The Balaban J connectivity index is 2.23. The summed E-state index contributed by atoms with van der Waals surface area (Å²) in [5.74, 6) is -1.92. The average molecular weight is 279 g/mol. The first kappa shape index (κ1) is 14.5. The predicted octanol–water partition coefficient (Wildman–Crippen LogP) is 3.35. The fourth-order valence-electron chi connectivity index (χ4n) is 2.40. The van der Waals surface area contributed by atoms with E-state index in [0.717, 1.165) is 32.1 Å². The van der Waals surface area contributed by atoms with Crippen LogP contribution < -0.4 is 0 Å². The molecule has 1 aliphatic rings. The number of carboxylic acid groups (broad SMARTS) is 1. The maximum atomic E-state index is 13.7. The molecule has 0 heterocycles. The van der Waals surface area contributed by atoms with E-state index in [1.807, 2.05) is 6.92 Å². The smallest absolute Gasteiger partial charge is 0.358 e. The molecule has 1 aromatic rings. The molecule has 0 unspecified atom stereocenters. The van der Waals surface area contributed by atoms with Gasteiger partial charge in [0.2, 0.25) is 0 Å². The minimum absolute atomic E-state index is 0.0561. The number of rotatable bonds is 4. The predicted molar refractivity (Wildman–Crippen MR) is 73.1 cm³/mol. The van der Waals surface area contributed by atoms with Crippen LogP contribution in [0.15, 0.2) is 29.4 Å². The normalized spacial score (nSPS) is 18.6. The molecule has 1 fully saturated rings. The number of nitrogens with zero attached hydrogens (tertiary/aromatic N) is 1. The molecule has 1 aromatic carbocycles. The molecule has 0 spiro atoms. The molecule has 20 heavy (non-hydrogen) atoms. The van der Waals surface area contributed by atoms with Gasteiger partial charge in [0.15, 0.2) is 5.71 Å². The average Bonchev–Trinajstić information content (AvgIpc) is 2.41. The summed E-state index contributed by atoms with van der Waals surface area (Å²) >= 11 is 0. The zero-order valence-corrected chi connectivity index (χ0v) is 11.4. The Kier molecular flexibility index (Phi) is 4.37. The molecule has 0 bridgehead atoms. The first-order valence-electron chi connectivity index (χ1n) is 6.76. The van der Waals surface area contributed by atoms with Gasteiger partial charge in [-0.05, 0) is 44.7 Å². The molecule has 0 saturated heterocycles. The Morgan fingerprint density at radius 3 is 2.55 bits per heavy atom. The lowest BCUT2D eigenvalue weighted by Crippen LogP contribution is -2.30. The third-order valence-electron chi connectivity index (χ3n) is 3.60. The van der Waals surface area contributed by atoms with Gasteiger partial charge < -0.3 is 9.94 Å². The first-order valence-corrected chi connectivity index (χ1v) is 6.76. The van der Waals surface area contributed by atoms with Crippen LogP contribution in [0.5, 0.6) is 0 Å². The minimum atomic E-state index is -1.30. The zero-order chi connectivity index (χ0) is 14.6. The highest BCUT2D eigenvalue weighted by Crippen LogP contribution is 2.31. The van der Waals surface area contributed by atoms with Gasteiger partial charge in [0.1, 0.15) is 11.4 Å². The number of hydrogen-bond donors (Lipinski definition) is 1. The standard InChI is InChI=1S/C15H18FNO3/c1-15(9-5-2-6-10-15)20-17-13(14(18)19)11-7-3-4-8-12(11)16/h3-4,7-8H,2,5-6,9-10H2,1H3,(H,18,19)/b17-13-. The number of benzene rings is 1. The molecule has 0 radical (unpaired) electrons. The summed E-state index contributed by atoms with van der Waals surface area (Å²) in [5.41, 5.74) is -0.904. The van der Waals surface area contributed by atoms with E-state index in [-0.39, 0.29) is 5.56 Å². The summed E-state index contributed by atoms with van der Waals surface area (Å²) < 4.78 is 13.7. The maximum absolute atomic E-state index is 13.7. The lowest BCUT2D eigenvalue weighted by molar-refractivity contribution is -0.129. The monoisotopic (exact) mass is 279 g/mol. The van der Waals surface area contributed by atoms with E-state index in [1.54, 1.807) is 6.07 Å². The Hall–Kier alpha value is -1.91. The molecule has 0 amide bonds. The van der Waals surface area contributed by atoms with Crippen molar-refractivity contribution in [3.63, 3.8) is 0 Å². The van der Waals surface area contributed by atoms with Crippen LogP contribution in [0.1, 0.15) is 44.6 Å². The number of carboxylic acids is 1. The fourth-order valence-corrected chi connectivity index (χ4v) is 2.40. The van der Waals surface area contributed by atoms with Crippen molar-refractivity contribution in [1.29, 1.82) is 0 Å². The van der Waals surface area contributed by atoms with E-state index in [0.29, 0.717) is 0 Å². The number of aliphatic carboxylic acids is 1. The molecule has 1 N–H and O–H groups in total. The highest BCUT2D eigenvalue weighted by molar-refractivity contribution is 6.42. The number of oxime groups is 1. The van der Waals surface area contributed by atoms with Gasteiger partial charge in [0.25, 0.3) is 0 Å². The van der Waals surface area contributed by atoms with E-state index >= 15 is 0 Å². The molecule has 0 aromatic heterocycles. The van der Waals surface area contributed by atoms with Crippen LogP contribution in [0.3, 0.4) is 0 Å². The van der Waals surface area contributed by atoms with Crippen molar-refractivity contribution in [2.75, 3.05) is 0 Å². The van der Waals surface area contributed by atoms with Gasteiger partial charge >= 0.3 is 5.97 Å². The molecule has 5 heteroatoms. The summed E-state index contributed by atoms with van der Waals surface area (Å²) in [4.78, 5) is 16.7. The molecule has 1 saturated carbocycles. The molecule has 108 valence electrons. The summed E-state index contributed by atoms with van der Waals surface area (Å²) in [6.07, 6.45) is 4.89. The highest BCUT2D eigenvalue weighted by Gasteiger charge is 2.30. The van der Waals surface area contributed by atoms with E-state index in [4.69, 9.17) is 4.84 Å². The van der Waals surface area contributed by atoms with Crippen molar-refractivity contribution in [3.05, 3.63) is 35.6 Å². The summed E-state index contributed by atoms with van der Waals surface area (Å²) in [6, 6.07) is 5.66. The Morgan fingerprint density at radius 1 is 1.30 bits per heavy atom. The lowest BCUT2D eigenvalue weighted by atomic mass is 9.87. The summed E-state index contributed by atoms with van der Waals surface area (Å²) in [5, 5.41) is 12.9. The van der Waals surface area contributed by atoms with Gasteiger partial charge in [-0.1, -0.05) is 23.7 Å². The molecular weight excluding hydrogens is 261 g/mol. The molecular formula is C15H18FNO3. The van der Waals surface area contributed by atoms with Crippen molar-refractivity contribution in [3.8, 4) is 0 Å². The van der Waals surface area contributed by atoms with Crippen molar-refractivity contribution < 1.29 is 19.1 Å². The van der Waals surface area contributed by atoms with Crippen molar-refractivity contribution in [2.24, 2.45) is 5.16 Å².